The number of carbonyl (C=O) groups is 1. The molecule has 2 nitrogen and oxygen atoms in total. The van der Waals surface area contributed by atoms with Crippen molar-refractivity contribution in [1.82, 2.24) is 0 Å². The SMILES string of the molecule is CC=CC(=O)OC1CC2CCC1(C)C2(C)C. The van der Waals surface area contributed by atoms with Gasteiger partial charge in [0.2, 0.25) is 0 Å². The van der Waals surface area contributed by atoms with E-state index < -0.39 is 0 Å². The number of ether oxygens (including phenoxy) is 1. The molecule has 2 fully saturated rings. The molecule has 0 radical (unpaired) electrons. The number of carbonyl (C=O) groups excluding carboxylic acids is 1. The Morgan fingerprint density at radius 2 is 2.06 bits per heavy atom. The zero-order valence-electron chi connectivity index (χ0n) is 10.7. The Hall–Kier alpha value is -0.790. The maximum Gasteiger partial charge on any atom is 0.330 e. The van der Waals surface area contributed by atoms with Crippen molar-refractivity contribution in [2.45, 2.75) is 53.1 Å². The van der Waals surface area contributed by atoms with E-state index in [4.69, 9.17) is 4.74 Å². The Morgan fingerprint density at radius 3 is 2.50 bits per heavy atom. The lowest BCUT2D eigenvalue weighted by Gasteiger charge is -2.38. The summed E-state index contributed by atoms with van der Waals surface area (Å²) < 4.78 is 5.60. The van der Waals surface area contributed by atoms with Crippen molar-refractivity contribution in [2.24, 2.45) is 16.7 Å². The van der Waals surface area contributed by atoms with Crippen LogP contribution in [0.2, 0.25) is 0 Å². The summed E-state index contributed by atoms with van der Waals surface area (Å²) in [4.78, 5) is 11.5. The van der Waals surface area contributed by atoms with Gasteiger partial charge in [-0.2, -0.15) is 0 Å². The maximum absolute atomic E-state index is 11.5. The average molecular weight is 222 g/mol. The molecule has 2 heteroatoms. The third-order valence-electron chi connectivity index (χ3n) is 5.28. The summed E-state index contributed by atoms with van der Waals surface area (Å²) in [6.07, 6.45) is 6.91. The van der Waals surface area contributed by atoms with Gasteiger partial charge in [0.25, 0.3) is 0 Å². The van der Waals surface area contributed by atoms with Gasteiger partial charge in [0, 0.05) is 11.5 Å². The summed E-state index contributed by atoms with van der Waals surface area (Å²) in [5.41, 5.74) is 0.489. The van der Waals surface area contributed by atoms with Gasteiger partial charge in [-0.3, -0.25) is 0 Å². The molecule has 0 aromatic heterocycles. The first kappa shape index (κ1) is 11.7. The zero-order chi connectivity index (χ0) is 12.0. The summed E-state index contributed by atoms with van der Waals surface area (Å²) in [5, 5.41) is 0. The lowest BCUT2D eigenvalue weighted by atomic mass is 9.70. The van der Waals surface area contributed by atoms with Crippen LogP contribution >= 0.6 is 0 Å². The van der Waals surface area contributed by atoms with E-state index in [-0.39, 0.29) is 17.5 Å². The highest BCUT2D eigenvalue weighted by Crippen LogP contribution is 2.66. The van der Waals surface area contributed by atoms with Gasteiger partial charge < -0.3 is 4.74 Å². The summed E-state index contributed by atoms with van der Waals surface area (Å²) in [6, 6.07) is 0. The Bertz CT molecular complexity index is 330. The lowest BCUT2D eigenvalue weighted by Crippen LogP contribution is -2.38. The van der Waals surface area contributed by atoms with E-state index in [2.05, 4.69) is 20.8 Å². The van der Waals surface area contributed by atoms with Gasteiger partial charge >= 0.3 is 5.97 Å². The van der Waals surface area contributed by atoms with E-state index in [0.717, 1.165) is 12.3 Å². The van der Waals surface area contributed by atoms with E-state index in [1.165, 1.54) is 18.9 Å². The molecule has 2 bridgehead atoms. The van der Waals surface area contributed by atoms with E-state index in [0.29, 0.717) is 5.41 Å². The number of hydrogen-bond acceptors (Lipinski definition) is 2. The lowest BCUT2D eigenvalue weighted by molar-refractivity contribution is -0.150. The predicted octanol–water partition coefficient (Wildman–Crippen LogP) is 3.32. The number of hydrogen-bond donors (Lipinski definition) is 0. The van der Waals surface area contributed by atoms with Crippen molar-refractivity contribution in [3.8, 4) is 0 Å². The predicted molar refractivity (Wildman–Crippen MR) is 63.9 cm³/mol. The smallest absolute Gasteiger partial charge is 0.330 e. The van der Waals surface area contributed by atoms with Gasteiger partial charge in [-0.05, 0) is 37.5 Å². The van der Waals surface area contributed by atoms with Crippen LogP contribution in [0.15, 0.2) is 12.2 Å². The zero-order valence-corrected chi connectivity index (χ0v) is 10.7. The molecule has 0 aliphatic heterocycles. The van der Waals surface area contributed by atoms with Gasteiger partial charge in [-0.1, -0.05) is 26.8 Å². The fourth-order valence-corrected chi connectivity index (χ4v) is 3.62. The normalized spacial score (nSPS) is 40.5. The fraction of sp³-hybridized carbons (Fsp3) is 0.786. The fourth-order valence-electron chi connectivity index (χ4n) is 3.62. The van der Waals surface area contributed by atoms with Gasteiger partial charge in [-0.15, -0.1) is 0 Å². The van der Waals surface area contributed by atoms with Crippen molar-refractivity contribution < 1.29 is 9.53 Å². The molecule has 2 saturated carbocycles. The van der Waals surface area contributed by atoms with Crippen LogP contribution in [-0.2, 0) is 9.53 Å². The molecule has 0 N–H and O–H groups in total. The minimum atomic E-state index is -0.183. The summed E-state index contributed by atoms with van der Waals surface area (Å²) >= 11 is 0. The Kier molecular flexibility index (Phi) is 2.64. The number of fused-ring (bicyclic) bond motifs is 2. The Morgan fingerprint density at radius 1 is 1.38 bits per heavy atom. The van der Waals surface area contributed by atoms with Gasteiger partial charge in [0.15, 0.2) is 0 Å². The number of allylic oxidation sites excluding steroid dienone is 1. The third kappa shape index (κ3) is 1.42. The second-order valence-electron chi connectivity index (χ2n) is 6.04. The number of esters is 1. The summed E-state index contributed by atoms with van der Waals surface area (Å²) in [6.45, 7) is 8.78. The molecular weight excluding hydrogens is 200 g/mol. The van der Waals surface area contributed by atoms with Crippen LogP contribution in [0.3, 0.4) is 0 Å². The van der Waals surface area contributed by atoms with E-state index >= 15 is 0 Å². The third-order valence-corrected chi connectivity index (χ3v) is 5.28. The van der Waals surface area contributed by atoms with E-state index in [1.807, 2.05) is 6.92 Å². The first-order chi connectivity index (χ1) is 7.41. The second kappa shape index (κ2) is 3.61. The van der Waals surface area contributed by atoms with Crippen LogP contribution in [0.4, 0.5) is 0 Å². The first-order valence-electron chi connectivity index (χ1n) is 6.25. The van der Waals surface area contributed by atoms with Crippen molar-refractivity contribution in [1.29, 1.82) is 0 Å². The first-order valence-corrected chi connectivity index (χ1v) is 6.25. The van der Waals surface area contributed by atoms with Gasteiger partial charge in [0.05, 0.1) is 0 Å². The van der Waals surface area contributed by atoms with Crippen LogP contribution in [0.1, 0.15) is 47.0 Å². The summed E-state index contributed by atoms with van der Waals surface area (Å²) in [7, 11) is 0. The van der Waals surface area contributed by atoms with E-state index in [1.54, 1.807) is 6.08 Å². The van der Waals surface area contributed by atoms with Crippen LogP contribution in [0.25, 0.3) is 0 Å². The van der Waals surface area contributed by atoms with E-state index in [9.17, 15) is 4.79 Å². The topological polar surface area (TPSA) is 26.3 Å². The van der Waals surface area contributed by atoms with Crippen molar-refractivity contribution in [2.75, 3.05) is 0 Å². The van der Waals surface area contributed by atoms with Crippen molar-refractivity contribution in [3.63, 3.8) is 0 Å². The molecule has 0 spiro atoms. The number of rotatable bonds is 2. The Labute approximate surface area is 98.1 Å². The largest absolute Gasteiger partial charge is 0.459 e. The molecule has 0 saturated heterocycles. The average Bonchev–Trinajstić information content (AvgIpc) is 2.51. The van der Waals surface area contributed by atoms with Crippen LogP contribution in [-0.4, -0.2) is 12.1 Å². The molecule has 3 unspecified atom stereocenters. The standard InChI is InChI=1S/C14H22O2/c1-5-6-12(15)16-11-9-10-7-8-14(11,4)13(10,2)3/h5-6,10-11H,7-9H2,1-4H3. The molecule has 90 valence electrons. The van der Waals surface area contributed by atoms with Crippen molar-refractivity contribution >= 4 is 5.97 Å². The molecule has 2 rings (SSSR count). The van der Waals surface area contributed by atoms with Crippen molar-refractivity contribution in [3.05, 3.63) is 12.2 Å². The highest BCUT2D eigenvalue weighted by atomic mass is 16.5. The maximum atomic E-state index is 11.5. The molecule has 0 heterocycles. The molecule has 2 aliphatic rings. The molecular formula is C14H22O2. The van der Waals surface area contributed by atoms with Crippen LogP contribution in [0, 0.1) is 16.7 Å². The minimum Gasteiger partial charge on any atom is -0.459 e. The second-order valence-corrected chi connectivity index (χ2v) is 6.04. The highest BCUT2D eigenvalue weighted by molar-refractivity contribution is 5.82. The quantitative estimate of drug-likeness (QED) is 0.529. The molecule has 16 heavy (non-hydrogen) atoms. The molecule has 0 aromatic rings. The molecule has 0 aromatic carbocycles. The summed E-state index contributed by atoms with van der Waals surface area (Å²) in [5.74, 6) is 0.540. The minimum absolute atomic E-state index is 0.116. The van der Waals surface area contributed by atoms with Gasteiger partial charge in [0.1, 0.15) is 6.10 Å². The van der Waals surface area contributed by atoms with Gasteiger partial charge in [-0.25, -0.2) is 4.79 Å². The van der Waals surface area contributed by atoms with Crippen LogP contribution in [0.5, 0.6) is 0 Å². The van der Waals surface area contributed by atoms with Crippen LogP contribution < -0.4 is 0 Å². The Balaban J connectivity index is 2.13. The molecule has 2 aliphatic carbocycles. The molecule has 3 atom stereocenters. The highest BCUT2D eigenvalue weighted by Gasteiger charge is 2.62. The monoisotopic (exact) mass is 222 g/mol. The molecule has 0 amide bonds.